The molecule has 0 unspecified atom stereocenters. The van der Waals surface area contributed by atoms with Crippen molar-refractivity contribution in [3.8, 4) is 17.2 Å². The summed E-state index contributed by atoms with van der Waals surface area (Å²) in [6.45, 7) is -0.798. The number of amides is 1. The molecule has 0 fully saturated rings. The predicted molar refractivity (Wildman–Crippen MR) is 91.3 cm³/mol. The molecule has 0 aliphatic heterocycles. The fraction of sp³-hybridized carbons (Fsp3) is 0.222. The fourth-order valence-electron chi connectivity index (χ4n) is 2.22. The summed E-state index contributed by atoms with van der Waals surface area (Å²) in [6.07, 6.45) is 0. The van der Waals surface area contributed by atoms with Gasteiger partial charge in [-0.15, -0.1) is 0 Å². The van der Waals surface area contributed by atoms with E-state index in [1.165, 1.54) is 33.5 Å². The van der Waals surface area contributed by atoms with Crippen LogP contribution in [-0.4, -0.2) is 39.8 Å². The van der Waals surface area contributed by atoms with E-state index in [1.54, 1.807) is 0 Å². The number of hydrogen-bond acceptors (Lipinski definition) is 6. The maximum absolute atomic E-state index is 13.5. The van der Waals surface area contributed by atoms with Gasteiger partial charge in [-0.05, 0) is 24.3 Å². The zero-order valence-electron chi connectivity index (χ0n) is 15.1. The van der Waals surface area contributed by atoms with Gasteiger partial charge < -0.3 is 24.3 Å². The van der Waals surface area contributed by atoms with E-state index in [-0.39, 0.29) is 22.8 Å². The van der Waals surface area contributed by atoms with Gasteiger partial charge in [-0.1, -0.05) is 0 Å². The van der Waals surface area contributed by atoms with Crippen LogP contribution in [0, 0.1) is 17.5 Å². The van der Waals surface area contributed by atoms with Crippen molar-refractivity contribution in [1.82, 2.24) is 0 Å². The van der Waals surface area contributed by atoms with Crippen LogP contribution in [0.3, 0.4) is 0 Å². The SMILES string of the molecule is COc1cc(C(=O)OCC(=O)Nc2ccc(F)c(F)c2F)cc(OC)c1OC. The minimum absolute atomic E-state index is 0.00121. The van der Waals surface area contributed by atoms with E-state index >= 15 is 0 Å². The van der Waals surface area contributed by atoms with Crippen LogP contribution in [-0.2, 0) is 9.53 Å². The number of anilines is 1. The molecule has 0 atom stereocenters. The lowest BCUT2D eigenvalue weighted by Gasteiger charge is -2.13. The van der Waals surface area contributed by atoms with E-state index in [2.05, 4.69) is 0 Å². The summed E-state index contributed by atoms with van der Waals surface area (Å²) >= 11 is 0. The number of esters is 1. The topological polar surface area (TPSA) is 83.1 Å². The van der Waals surface area contributed by atoms with Crippen LogP contribution in [0.2, 0.25) is 0 Å². The normalized spacial score (nSPS) is 10.2. The van der Waals surface area contributed by atoms with Crippen LogP contribution in [0.5, 0.6) is 17.2 Å². The molecule has 0 heterocycles. The summed E-state index contributed by atoms with van der Waals surface area (Å²) in [5, 5.41) is 1.98. The second kappa shape index (κ2) is 8.98. The quantitative estimate of drug-likeness (QED) is 0.570. The van der Waals surface area contributed by atoms with E-state index in [4.69, 9.17) is 18.9 Å². The summed E-state index contributed by atoms with van der Waals surface area (Å²) in [5.41, 5.74) is -0.589. The Bertz CT molecular complexity index is 878. The van der Waals surface area contributed by atoms with Gasteiger partial charge in [0.05, 0.1) is 32.6 Å². The zero-order chi connectivity index (χ0) is 20.8. The van der Waals surface area contributed by atoms with E-state index in [9.17, 15) is 22.8 Å². The second-order valence-corrected chi connectivity index (χ2v) is 5.26. The first-order valence-electron chi connectivity index (χ1n) is 7.72. The van der Waals surface area contributed by atoms with Crippen molar-refractivity contribution in [2.75, 3.05) is 33.3 Å². The molecule has 10 heteroatoms. The van der Waals surface area contributed by atoms with E-state index < -0.39 is 41.6 Å². The van der Waals surface area contributed by atoms with Crippen LogP contribution >= 0.6 is 0 Å². The first-order chi connectivity index (χ1) is 13.3. The molecule has 150 valence electrons. The van der Waals surface area contributed by atoms with E-state index in [1.807, 2.05) is 5.32 Å². The van der Waals surface area contributed by atoms with Gasteiger partial charge in [0.1, 0.15) is 0 Å². The van der Waals surface area contributed by atoms with Crippen LogP contribution < -0.4 is 19.5 Å². The maximum Gasteiger partial charge on any atom is 0.338 e. The molecule has 28 heavy (non-hydrogen) atoms. The van der Waals surface area contributed by atoms with Gasteiger partial charge in [0.2, 0.25) is 5.75 Å². The average molecular weight is 399 g/mol. The number of benzene rings is 2. The van der Waals surface area contributed by atoms with Crippen molar-refractivity contribution in [2.45, 2.75) is 0 Å². The molecule has 0 radical (unpaired) electrons. The molecule has 0 aromatic heterocycles. The van der Waals surface area contributed by atoms with Gasteiger partial charge in [-0.2, -0.15) is 0 Å². The molecule has 0 aliphatic carbocycles. The largest absolute Gasteiger partial charge is 0.493 e. The Balaban J connectivity index is 2.08. The Kier molecular flexibility index (Phi) is 6.69. The Morgan fingerprint density at radius 3 is 2.07 bits per heavy atom. The van der Waals surface area contributed by atoms with Crippen molar-refractivity contribution in [3.63, 3.8) is 0 Å². The number of hydrogen-bond donors (Lipinski definition) is 1. The standard InChI is InChI=1S/C18H16F3NO6/c1-25-12-6-9(7-13(26-2)17(12)27-3)18(24)28-8-14(23)22-11-5-4-10(19)15(20)16(11)21/h4-7H,8H2,1-3H3,(H,22,23). The molecule has 7 nitrogen and oxygen atoms in total. The smallest absolute Gasteiger partial charge is 0.338 e. The third-order valence-electron chi connectivity index (χ3n) is 3.54. The van der Waals surface area contributed by atoms with Gasteiger partial charge in [-0.3, -0.25) is 4.79 Å². The summed E-state index contributed by atoms with van der Waals surface area (Å²) in [5.74, 6) is -5.90. The minimum atomic E-state index is -1.73. The molecule has 0 saturated heterocycles. The molecular formula is C18H16F3NO6. The molecule has 0 spiro atoms. The van der Waals surface area contributed by atoms with Crippen molar-refractivity contribution >= 4 is 17.6 Å². The van der Waals surface area contributed by atoms with E-state index in [0.29, 0.717) is 6.07 Å². The molecule has 2 aromatic rings. The Labute approximate surface area is 158 Å². The molecule has 1 N–H and O–H groups in total. The van der Waals surface area contributed by atoms with Gasteiger partial charge in [0.25, 0.3) is 5.91 Å². The average Bonchev–Trinajstić information content (AvgIpc) is 2.71. The first kappa shape index (κ1) is 20.9. The van der Waals surface area contributed by atoms with Gasteiger partial charge in [0.15, 0.2) is 35.6 Å². The number of halogens is 3. The van der Waals surface area contributed by atoms with Gasteiger partial charge in [0, 0.05) is 0 Å². The van der Waals surface area contributed by atoms with Crippen molar-refractivity contribution in [3.05, 3.63) is 47.3 Å². The van der Waals surface area contributed by atoms with Crippen molar-refractivity contribution < 1.29 is 41.7 Å². The molecule has 2 aromatic carbocycles. The molecule has 0 aliphatic rings. The minimum Gasteiger partial charge on any atom is -0.493 e. The predicted octanol–water partition coefficient (Wildman–Crippen LogP) is 2.93. The third-order valence-corrected chi connectivity index (χ3v) is 3.54. The highest BCUT2D eigenvalue weighted by Crippen LogP contribution is 2.38. The summed E-state index contributed by atoms with van der Waals surface area (Å²) < 4.78 is 59.8. The molecular weight excluding hydrogens is 383 g/mol. The number of ether oxygens (including phenoxy) is 4. The summed E-state index contributed by atoms with van der Waals surface area (Å²) in [7, 11) is 4.10. The summed E-state index contributed by atoms with van der Waals surface area (Å²) in [6, 6.07) is 4.12. The lowest BCUT2D eigenvalue weighted by atomic mass is 10.2. The summed E-state index contributed by atoms with van der Waals surface area (Å²) in [4.78, 5) is 24.0. The number of methoxy groups -OCH3 is 3. The van der Waals surface area contributed by atoms with Crippen LogP contribution in [0.25, 0.3) is 0 Å². The van der Waals surface area contributed by atoms with Gasteiger partial charge in [-0.25, -0.2) is 18.0 Å². The molecule has 0 saturated carbocycles. The highest BCUT2D eigenvalue weighted by Gasteiger charge is 2.20. The first-order valence-corrected chi connectivity index (χ1v) is 7.72. The molecule has 1 amide bonds. The van der Waals surface area contributed by atoms with Crippen LogP contribution in [0.4, 0.5) is 18.9 Å². The van der Waals surface area contributed by atoms with Crippen molar-refractivity contribution in [2.24, 2.45) is 0 Å². The Morgan fingerprint density at radius 1 is 0.929 bits per heavy atom. The highest BCUT2D eigenvalue weighted by molar-refractivity contribution is 5.96. The Morgan fingerprint density at radius 2 is 1.54 bits per heavy atom. The third kappa shape index (κ3) is 4.45. The van der Waals surface area contributed by atoms with Gasteiger partial charge >= 0.3 is 5.97 Å². The number of nitrogens with one attached hydrogen (secondary N) is 1. The second-order valence-electron chi connectivity index (χ2n) is 5.26. The molecule has 0 bridgehead atoms. The Hall–Kier alpha value is -3.43. The number of rotatable bonds is 7. The number of carbonyl (C=O) groups is 2. The lowest BCUT2D eigenvalue weighted by molar-refractivity contribution is -0.119. The zero-order valence-corrected chi connectivity index (χ0v) is 15.1. The highest BCUT2D eigenvalue weighted by atomic mass is 19.2. The lowest BCUT2D eigenvalue weighted by Crippen LogP contribution is -2.22. The number of carbonyl (C=O) groups excluding carboxylic acids is 2. The van der Waals surface area contributed by atoms with E-state index in [0.717, 1.165) is 6.07 Å². The molecule has 2 rings (SSSR count). The maximum atomic E-state index is 13.5. The monoisotopic (exact) mass is 399 g/mol. The van der Waals surface area contributed by atoms with Crippen LogP contribution in [0.15, 0.2) is 24.3 Å². The van der Waals surface area contributed by atoms with Crippen LogP contribution in [0.1, 0.15) is 10.4 Å². The fourth-order valence-corrected chi connectivity index (χ4v) is 2.22. The van der Waals surface area contributed by atoms with Crippen molar-refractivity contribution in [1.29, 1.82) is 0 Å².